The van der Waals surface area contributed by atoms with E-state index in [0.29, 0.717) is 5.82 Å². The van der Waals surface area contributed by atoms with E-state index in [2.05, 4.69) is 26.0 Å². The molecule has 0 radical (unpaired) electrons. The van der Waals surface area contributed by atoms with Crippen molar-refractivity contribution in [3.8, 4) is 6.07 Å². The molecule has 0 atom stereocenters. The second-order valence-electron chi connectivity index (χ2n) is 4.09. The van der Waals surface area contributed by atoms with E-state index in [1.807, 2.05) is 13.8 Å². The second kappa shape index (κ2) is 5.47. The van der Waals surface area contributed by atoms with Crippen LogP contribution in [-0.4, -0.2) is 23.2 Å². The Labute approximate surface area is 89.5 Å². The maximum atomic E-state index is 8.79. The summed E-state index contributed by atoms with van der Waals surface area (Å²) in [5, 5.41) is 15.7. The fourth-order valence-corrected chi connectivity index (χ4v) is 1.08. The minimum atomic E-state index is -0.251. The van der Waals surface area contributed by atoms with Gasteiger partial charge in [-0.25, -0.2) is 0 Å². The molecule has 1 heterocycles. The van der Waals surface area contributed by atoms with E-state index in [1.165, 1.54) is 6.39 Å². The number of nitrogens with one attached hydrogen (secondary N) is 1. The summed E-state index contributed by atoms with van der Waals surface area (Å²) in [6.07, 6.45) is 2.92. The van der Waals surface area contributed by atoms with Crippen LogP contribution in [0.3, 0.4) is 0 Å². The molecule has 1 aromatic rings. The highest BCUT2D eigenvalue weighted by molar-refractivity contribution is 4.91. The van der Waals surface area contributed by atoms with Crippen LogP contribution in [0.2, 0.25) is 0 Å². The van der Waals surface area contributed by atoms with E-state index in [1.54, 1.807) is 0 Å². The molecule has 0 saturated heterocycles. The molecule has 5 heteroatoms. The predicted octanol–water partition coefficient (Wildman–Crippen LogP) is 1.14. The summed E-state index contributed by atoms with van der Waals surface area (Å²) in [6, 6.07) is 2.27. The lowest BCUT2D eigenvalue weighted by molar-refractivity contribution is 0.407. The number of nitrogens with zero attached hydrogens (tertiary/aromatic N) is 3. The summed E-state index contributed by atoms with van der Waals surface area (Å²) in [5.74, 6) is 0.710. The summed E-state index contributed by atoms with van der Waals surface area (Å²) >= 11 is 0. The number of nitriles is 1. The van der Waals surface area contributed by atoms with Gasteiger partial charge in [0.2, 0.25) is 6.39 Å². The third-order valence-electron chi connectivity index (χ3n) is 2.16. The first kappa shape index (κ1) is 11.7. The Morgan fingerprint density at radius 3 is 2.93 bits per heavy atom. The molecule has 0 fully saturated rings. The normalized spacial score (nSPS) is 11.3. The number of rotatable bonds is 6. The Morgan fingerprint density at radius 1 is 1.53 bits per heavy atom. The van der Waals surface area contributed by atoms with Crippen molar-refractivity contribution in [3.05, 3.63) is 12.2 Å². The van der Waals surface area contributed by atoms with Gasteiger partial charge in [0, 0.05) is 13.0 Å². The van der Waals surface area contributed by atoms with Crippen LogP contribution in [0.5, 0.6) is 0 Å². The van der Waals surface area contributed by atoms with Crippen molar-refractivity contribution < 1.29 is 4.52 Å². The molecule has 0 aliphatic rings. The summed E-state index contributed by atoms with van der Waals surface area (Å²) in [7, 11) is 0. The fraction of sp³-hybridized carbons (Fsp3) is 0.700. The second-order valence-corrected chi connectivity index (χ2v) is 4.09. The molecule has 5 nitrogen and oxygen atoms in total. The molecule has 0 saturated carbocycles. The summed E-state index contributed by atoms with van der Waals surface area (Å²) in [4.78, 5) is 3.91. The highest BCUT2D eigenvalue weighted by atomic mass is 16.5. The van der Waals surface area contributed by atoms with E-state index in [4.69, 9.17) is 5.26 Å². The number of hydrogen-bond acceptors (Lipinski definition) is 5. The van der Waals surface area contributed by atoms with Gasteiger partial charge >= 0.3 is 0 Å². The van der Waals surface area contributed by atoms with Gasteiger partial charge in [-0.05, 0) is 26.8 Å². The van der Waals surface area contributed by atoms with Crippen molar-refractivity contribution >= 4 is 0 Å². The maximum absolute atomic E-state index is 8.79. The van der Waals surface area contributed by atoms with Gasteiger partial charge in [-0.2, -0.15) is 10.2 Å². The average Bonchev–Trinajstić information content (AvgIpc) is 2.70. The number of aromatic nitrogens is 2. The molecule has 82 valence electrons. The van der Waals surface area contributed by atoms with Crippen LogP contribution in [0.4, 0.5) is 0 Å². The molecule has 1 aromatic heterocycles. The van der Waals surface area contributed by atoms with Gasteiger partial charge in [-0.3, -0.25) is 0 Å². The first-order valence-corrected chi connectivity index (χ1v) is 5.01. The third-order valence-corrected chi connectivity index (χ3v) is 2.16. The first-order chi connectivity index (χ1) is 7.14. The topological polar surface area (TPSA) is 74.7 Å². The molecule has 0 unspecified atom stereocenters. The molecule has 15 heavy (non-hydrogen) atoms. The van der Waals surface area contributed by atoms with Gasteiger partial charge < -0.3 is 9.84 Å². The van der Waals surface area contributed by atoms with Gasteiger partial charge in [-0.1, -0.05) is 5.16 Å². The Morgan fingerprint density at radius 2 is 2.33 bits per heavy atom. The minimum absolute atomic E-state index is 0.251. The van der Waals surface area contributed by atoms with Gasteiger partial charge in [0.05, 0.1) is 11.5 Å². The molecule has 0 aliphatic heterocycles. The zero-order valence-electron chi connectivity index (χ0n) is 9.16. The molecule has 0 amide bonds. The van der Waals surface area contributed by atoms with E-state index in [-0.39, 0.29) is 5.41 Å². The van der Waals surface area contributed by atoms with Crippen molar-refractivity contribution in [1.29, 1.82) is 5.26 Å². The Balaban J connectivity index is 2.06. The molecule has 0 bridgehead atoms. The van der Waals surface area contributed by atoms with Crippen LogP contribution in [-0.2, 0) is 6.42 Å². The van der Waals surface area contributed by atoms with Crippen molar-refractivity contribution in [2.24, 2.45) is 5.41 Å². The predicted molar refractivity (Wildman–Crippen MR) is 54.9 cm³/mol. The Hall–Kier alpha value is -1.41. The van der Waals surface area contributed by atoms with Gasteiger partial charge in [0.25, 0.3) is 0 Å². The molecular weight excluding hydrogens is 192 g/mol. The SMILES string of the molecule is CC(C)(C#N)CCNCCc1ncon1. The summed E-state index contributed by atoms with van der Waals surface area (Å²) in [6.45, 7) is 5.52. The van der Waals surface area contributed by atoms with Crippen molar-refractivity contribution in [1.82, 2.24) is 15.5 Å². The van der Waals surface area contributed by atoms with E-state index in [0.717, 1.165) is 25.9 Å². The molecule has 0 aliphatic carbocycles. The smallest absolute Gasteiger partial charge is 0.213 e. The lowest BCUT2D eigenvalue weighted by Crippen LogP contribution is -2.23. The Bertz CT molecular complexity index is 313. The Kier molecular flexibility index (Phi) is 4.25. The molecular formula is C10H16N4O. The fourth-order valence-electron chi connectivity index (χ4n) is 1.08. The van der Waals surface area contributed by atoms with Crippen LogP contribution in [0.15, 0.2) is 10.9 Å². The van der Waals surface area contributed by atoms with Crippen LogP contribution in [0.25, 0.3) is 0 Å². The van der Waals surface area contributed by atoms with E-state index in [9.17, 15) is 0 Å². The monoisotopic (exact) mass is 208 g/mol. The first-order valence-electron chi connectivity index (χ1n) is 5.01. The van der Waals surface area contributed by atoms with Crippen LogP contribution in [0, 0.1) is 16.7 Å². The minimum Gasteiger partial charge on any atom is -0.343 e. The van der Waals surface area contributed by atoms with Crippen LogP contribution < -0.4 is 5.32 Å². The summed E-state index contributed by atoms with van der Waals surface area (Å²) in [5.41, 5.74) is -0.251. The molecule has 0 spiro atoms. The van der Waals surface area contributed by atoms with Crippen molar-refractivity contribution in [2.45, 2.75) is 26.7 Å². The lowest BCUT2D eigenvalue weighted by atomic mass is 9.91. The lowest BCUT2D eigenvalue weighted by Gasteiger charge is -2.14. The molecule has 0 aromatic carbocycles. The number of hydrogen-bond donors (Lipinski definition) is 1. The zero-order valence-corrected chi connectivity index (χ0v) is 9.16. The van der Waals surface area contributed by atoms with Gasteiger partial charge in [0.15, 0.2) is 5.82 Å². The quantitative estimate of drug-likeness (QED) is 0.709. The van der Waals surface area contributed by atoms with Crippen molar-refractivity contribution in [2.75, 3.05) is 13.1 Å². The average molecular weight is 208 g/mol. The van der Waals surface area contributed by atoms with Gasteiger partial charge in [0.1, 0.15) is 0 Å². The highest BCUT2D eigenvalue weighted by Crippen LogP contribution is 2.16. The largest absolute Gasteiger partial charge is 0.343 e. The maximum Gasteiger partial charge on any atom is 0.213 e. The van der Waals surface area contributed by atoms with Crippen molar-refractivity contribution in [3.63, 3.8) is 0 Å². The summed E-state index contributed by atoms with van der Waals surface area (Å²) < 4.78 is 4.61. The van der Waals surface area contributed by atoms with Gasteiger partial charge in [-0.15, -0.1) is 0 Å². The van der Waals surface area contributed by atoms with E-state index >= 15 is 0 Å². The molecule has 1 rings (SSSR count). The van der Waals surface area contributed by atoms with Crippen LogP contribution >= 0.6 is 0 Å². The standard InChI is InChI=1S/C10H16N4O/c1-10(2,7-11)4-6-12-5-3-9-13-8-15-14-9/h8,12H,3-6H2,1-2H3. The van der Waals surface area contributed by atoms with E-state index < -0.39 is 0 Å². The third kappa shape index (κ3) is 4.56. The zero-order chi connectivity index (χ0) is 11.1. The highest BCUT2D eigenvalue weighted by Gasteiger charge is 2.15. The van der Waals surface area contributed by atoms with Crippen LogP contribution in [0.1, 0.15) is 26.1 Å². The molecule has 1 N–H and O–H groups in total.